The fraction of sp³-hybridized carbons (Fsp3) is 0.381. The lowest BCUT2D eigenvalue weighted by atomic mass is 9.98. The van der Waals surface area contributed by atoms with Crippen LogP contribution in [-0.4, -0.2) is 34.3 Å². The van der Waals surface area contributed by atoms with Gasteiger partial charge in [-0.1, -0.05) is 0 Å². The van der Waals surface area contributed by atoms with E-state index in [2.05, 4.69) is 41.2 Å². The van der Waals surface area contributed by atoms with Crippen LogP contribution in [0.5, 0.6) is 0 Å². The van der Waals surface area contributed by atoms with Crippen LogP contribution in [0.15, 0.2) is 41.1 Å². The number of carbonyl (C=O) groups is 1. The molecule has 1 N–H and O–H groups in total. The summed E-state index contributed by atoms with van der Waals surface area (Å²) in [6.45, 7) is 7.21. The minimum Gasteiger partial charge on any atom is -0.465 e. The van der Waals surface area contributed by atoms with Gasteiger partial charge in [0.25, 0.3) is 5.91 Å². The first-order valence-corrected chi connectivity index (χ1v) is 9.52. The van der Waals surface area contributed by atoms with E-state index in [9.17, 15) is 4.79 Å². The lowest BCUT2D eigenvalue weighted by Gasteiger charge is -2.12. The van der Waals surface area contributed by atoms with Crippen molar-refractivity contribution < 1.29 is 9.21 Å². The van der Waals surface area contributed by atoms with Crippen LogP contribution in [0.4, 0.5) is 5.69 Å². The maximum absolute atomic E-state index is 12.6. The topological polar surface area (TPSA) is 76.2 Å². The predicted molar refractivity (Wildman–Crippen MR) is 107 cm³/mol. The zero-order valence-electron chi connectivity index (χ0n) is 16.6. The fourth-order valence-electron chi connectivity index (χ4n) is 3.56. The maximum atomic E-state index is 12.6. The first-order valence-electron chi connectivity index (χ1n) is 9.52. The predicted octanol–water partition coefficient (Wildman–Crippen LogP) is 3.27. The summed E-state index contributed by atoms with van der Waals surface area (Å²) in [4.78, 5) is 19.3. The summed E-state index contributed by atoms with van der Waals surface area (Å²) >= 11 is 0. The Morgan fingerprint density at radius 2 is 2.14 bits per heavy atom. The molecule has 2 aromatic heterocycles. The number of carbonyl (C=O) groups excluding carboxylic acids is 1. The van der Waals surface area contributed by atoms with E-state index in [0.29, 0.717) is 12.1 Å². The minimum absolute atomic E-state index is 0.0560. The zero-order chi connectivity index (χ0) is 19.8. The molecule has 3 heterocycles. The highest BCUT2D eigenvalue weighted by Crippen LogP contribution is 2.38. The summed E-state index contributed by atoms with van der Waals surface area (Å²) in [5.41, 5.74) is 2.83. The molecular weight excluding hydrogens is 354 g/mol. The third kappa shape index (κ3) is 3.40. The Kier molecular flexibility index (Phi) is 4.66. The van der Waals surface area contributed by atoms with E-state index >= 15 is 0 Å². The molecule has 7 nitrogen and oxygen atoms in total. The van der Waals surface area contributed by atoms with Crippen LogP contribution in [0.1, 0.15) is 59.1 Å². The van der Waals surface area contributed by atoms with E-state index in [4.69, 9.17) is 4.42 Å². The second kappa shape index (κ2) is 7.14. The Bertz CT molecular complexity index is 1000. The van der Waals surface area contributed by atoms with Crippen molar-refractivity contribution >= 4 is 11.6 Å². The van der Waals surface area contributed by atoms with Crippen molar-refractivity contribution in [3.05, 3.63) is 65.1 Å². The lowest BCUT2D eigenvalue weighted by molar-refractivity contribution is 0.0948. The smallest absolute Gasteiger partial charge is 0.251 e. The molecule has 0 saturated carbocycles. The molecule has 1 aliphatic heterocycles. The van der Waals surface area contributed by atoms with Crippen molar-refractivity contribution in [3.63, 3.8) is 0 Å². The molecule has 1 aliphatic rings. The third-order valence-electron chi connectivity index (χ3n) is 5.12. The number of furan rings is 1. The average Bonchev–Trinajstić information content (AvgIpc) is 3.38. The number of aryl methyl sites for hydroxylation is 1. The molecule has 146 valence electrons. The van der Waals surface area contributed by atoms with Crippen molar-refractivity contribution in [2.24, 2.45) is 0 Å². The van der Waals surface area contributed by atoms with Gasteiger partial charge < -0.3 is 14.6 Å². The highest BCUT2D eigenvalue weighted by Gasteiger charge is 2.31. The van der Waals surface area contributed by atoms with Gasteiger partial charge in [-0.2, -0.15) is 5.10 Å². The van der Waals surface area contributed by atoms with Crippen molar-refractivity contribution in [1.29, 1.82) is 0 Å². The normalized spacial score (nSPS) is 15.9. The van der Waals surface area contributed by atoms with E-state index in [1.54, 1.807) is 6.33 Å². The van der Waals surface area contributed by atoms with Crippen LogP contribution in [0.3, 0.4) is 0 Å². The van der Waals surface area contributed by atoms with Gasteiger partial charge in [0.05, 0.1) is 12.5 Å². The Morgan fingerprint density at radius 3 is 2.82 bits per heavy atom. The number of nitrogens with one attached hydrogen (secondary N) is 1. The third-order valence-corrected chi connectivity index (χ3v) is 5.12. The monoisotopic (exact) mass is 379 g/mol. The summed E-state index contributed by atoms with van der Waals surface area (Å²) in [6, 6.07) is 9.85. The summed E-state index contributed by atoms with van der Waals surface area (Å²) < 4.78 is 7.38. The molecule has 0 unspecified atom stereocenters. The SMILES string of the molecule is Cc1ccc(CNC(=O)c2ccc3c(c2)[C@H](c2ncn(C(C)C)n2)CN3C)o1. The van der Waals surface area contributed by atoms with E-state index < -0.39 is 0 Å². The second-order valence-electron chi connectivity index (χ2n) is 7.58. The first kappa shape index (κ1) is 18.3. The van der Waals surface area contributed by atoms with Gasteiger partial charge in [0, 0.05) is 30.9 Å². The second-order valence-corrected chi connectivity index (χ2v) is 7.58. The number of hydrogen-bond donors (Lipinski definition) is 1. The molecule has 0 aliphatic carbocycles. The van der Waals surface area contributed by atoms with E-state index in [0.717, 1.165) is 35.1 Å². The Morgan fingerprint density at radius 1 is 1.32 bits per heavy atom. The summed E-state index contributed by atoms with van der Waals surface area (Å²) in [5.74, 6) is 2.31. The number of hydrogen-bond acceptors (Lipinski definition) is 5. The molecule has 3 aromatic rings. The molecule has 1 atom stereocenters. The van der Waals surface area contributed by atoms with Crippen molar-refractivity contribution in [3.8, 4) is 0 Å². The molecule has 0 fully saturated rings. The Labute approximate surface area is 164 Å². The molecule has 0 bridgehead atoms. The van der Waals surface area contributed by atoms with E-state index in [1.165, 1.54) is 0 Å². The molecule has 0 spiro atoms. The van der Waals surface area contributed by atoms with Crippen molar-refractivity contribution in [1.82, 2.24) is 20.1 Å². The van der Waals surface area contributed by atoms with Gasteiger partial charge in [-0.25, -0.2) is 4.98 Å². The van der Waals surface area contributed by atoms with Crippen LogP contribution >= 0.6 is 0 Å². The summed E-state index contributed by atoms with van der Waals surface area (Å²) in [7, 11) is 2.05. The molecule has 1 amide bonds. The highest BCUT2D eigenvalue weighted by atomic mass is 16.3. The number of fused-ring (bicyclic) bond motifs is 1. The highest BCUT2D eigenvalue weighted by molar-refractivity contribution is 5.95. The molecule has 7 heteroatoms. The standard InChI is InChI=1S/C21H25N5O2/c1-13(2)26-12-23-20(24-26)18-11-25(4)19-8-6-15(9-17(18)19)21(27)22-10-16-7-5-14(3)28-16/h5-9,12-13,18H,10-11H2,1-4H3,(H,22,27)/t18-/m1/s1. The van der Waals surface area contributed by atoms with Gasteiger partial charge in [-0.3, -0.25) is 9.48 Å². The number of nitrogens with zero attached hydrogens (tertiary/aromatic N) is 4. The first-order chi connectivity index (χ1) is 13.4. The molecule has 1 aromatic carbocycles. The number of likely N-dealkylation sites (N-methyl/N-ethyl adjacent to an activating group) is 1. The minimum atomic E-state index is -0.120. The van der Waals surface area contributed by atoms with Gasteiger partial charge in [0.15, 0.2) is 5.82 Å². The van der Waals surface area contributed by atoms with Gasteiger partial charge in [0.1, 0.15) is 17.8 Å². The van der Waals surface area contributed by atoms with Gasteiger partial charge >= 0.3 is 0 Å². The Hall–Kier alpha value is -3.09. The quantitative estimate of drug-likeness (QED) is 0.736. The van der Waals surface area contributed by atoms with Gasteiger partial charge in [0.2, 0.25) is 0 Å². The fourth-order valence-corrected chi connectivity index (χ4v) is 3.56. The van der Waals surface area contributed by atoms with Gasteiger partial charge in [-0.15, -0.1) is 0 Å². The Balaban J connectivity index is 1.56. The molecule has 0 radical (unpaired) electrons. The lowest BCUT2D eigenvalue weighted by Crippen LogP contribution is -2.22. The van der Waals surface area contributed by atoms with E-state index in [1.807, 2.05) is 41.9 Å². The van der Waals surface area contributed by atoms with Crippen LogP contribution < -0.4 is 10.2 Å². The summed E-state index contributed by atoms with van der Waals surface area (Å²) in [6.07, 6.45) is 1.78. The van der Waals surface area contributed by atoms with Gasteiger partial charge in [-0.05, 0) is 56.7 Å². The number of rotatable bonds is 5. The zero-order valence-corrected chi connectivity index (χ0v) is 16.6. The molecular formula is C21H25N5O2. The number of amides is 1. The molecule has 28 heavy (non-hydrogen) atoms. The summed E-state index contributed by atoms with van der Waals surface area (Å²) in [5, 5.41) is 7.57. The van der Waals surface area contributed by atoms with Crippen LogP contribution in [0.2, 0.25) is 0 Å². The number of benzene rings is 1. The van der Waals surface area contributed by atoms with Crippen molar-refractivity contribution in [2.75, 3.05) is 18.5 Å². The average molecular weight is 379 g/mol. The molecule has 4 rings (SSSR count). The number of anilines is 1. The van der Waals surface area contributed by atoms with Crippen LogP contribution in [0, 0.1) is 6.92 Å². The number of aromatic nitrogens is 3. The van der Waals surface area contributed by atoms with E-state index in [-0.39, 0.29) is 17.9 Å². The van der Waals surface area contributed by atoms with Crippen LogP contribution in [-0.2, 0) is 6.54 Å². The largest absolute Gasteiger partial charge is 0.465 e. The molecule has 0 saturated heterocycles. The van der Waals surface area contributed by atoms with Crippen molar-refractivity contribution in [2.45, 2.75) is 39.3 Å². The maximum Gasteiger partial charge on any atom is 0.251 e. The van der Waals surface area contributed by atoms with Crippen LogP contribution in [0.25, 0.3) is 0 Å².